The zero-order valence-electron chi connectivity index (χ0n) is 11.2. The van der Waals surface area contributed by atoms with Crippen LogP contribution in [0.5, 0.6) is 0 Å². The van der Waals surface area contributed by atoms with E-state index >= 15 is 0 Å². The van der Waals surface area contributed by atoms with Crippen molar-refractivity contribution in [3.05, 3.63) is 23.4 Å². The lowest BCUT2D eigenvalue weighted by atomic mass is 9.95. The fourth-order valence-corrected chi connectivity index (χ4v) is 1.92. The molecule has 2 nitrogen and oxygen atoms in total. The highest BCUT2D eigenvalue weighted by atomic mass is 19.4. The van der Waals surface area contributed by atoms with Crippen LogP contribution < -0.4 is 4.90 Å². The fraction of sp³-hybridized carbons (Fsp3) is 0.615. The normalized spacial score (nSPS) is 13.5. The number of halogens is 3. The molecule has 1 unspecified atom stereocenters. The number of nitrogens with zero attached hydrogens (tertiary/aromatic N) is 2. The number of hydrogen-bond donors (Lipinski definition) is 0. The van der Waals surface area contributed by atoms with Gasteiger partial charge in [0.25, 0.3) is 0 Å². The molecule has 0 aliphatic heterocycles. The molecule has 0 radical (unpaired) electrons. The zero-order valence-corrected chi connectivity index (χ0v) is 11.2. The van der Waals surface area contributed by atoms with E-state index in [0.717, 1.165) is 12.8 Å². The van der Waals surface area contributed by atoms with E-state index in [9.17, 15) is 13.2 Å². The van der Waals surface area contributed by atoms with Crippen molar-refractivity contribution in [2.45, 2.75) is 38.8 Å². The van der Waals surface area contributed by atoms with Gasteiger partial charge in [-0.25, -0.2) is 4.98 Å². The standard InChI is InChI=1S/C13H19F3N2/c1-5-6-9(2)10-7-8-11(18(3)4)17-12(10)13(14,15)16/h7-9H,5-6H2,1-4H3. The van der Waals surface area contributed by atoms with Crippen LogP contribution in [-0.4, -0.2) is 19.1 Å². The lowest BCUT2D eigenvalue weighted by Crippen LogP contribution is -2.18. The Morgan fingerprint density at radius 2 is 1.89 bits per heavy atom. The molecule has 0 aromatic carbocycles. The molecule has 0 aliphatic carbocycles. The second kappa shape index (κ2) is 5.59. The summed E-state index contributed by atoms with van der Waals surface area (Å²) in [7, 11) is 3.36. The Hall–Kier alpha value is -1.26. The van der Waals surface area contributed by atoms with Crippen molar-refractivity contribution in [2.24, 2.45) is 0 Å². The second-order valence-corrected chi connectivity index (χ2v) is 4.69. The van der Waals surface area contributed by atoms with Crippen LogP contribution in [0.25, 0.3) is 0 Å². The van der Waals surface area contributed by atoms with Crippen LogP contribution in [0.2, 0.25) is 0 Å². The molecular formula is C13H19F3N2. The maximum atomic E-state index is 13.0. The molecule has 0 aliphatic rings. The highest BCUT2D eigenvalue weighted by molar-refractivity contribution is 5.42. The van der Waals surface area contributed by atoms with Gasteiger partial charge in [0.2, 0.25) is 0 Å². The first-order chi connectivity index (χ1) is 8.27. The Morgan fingerprint density at radius 3 is 2.33 bits per heavy atom. The van der Waals surface area contributed by atoms with Gasteiger partial charge < -0.3 is 4.90 Å². The quantitative estimate of drug-likeness (QED) is 0.811. The van der Waals surface area contributed by atoms with Crippen molar-refractivity contribution in [2.75, 3.05) is 19.0 Å². The van der Waals surface area contributed by atoms with Crippen LogP contribution in [-0.2, 0) is 6.18 Å². The topological polar surface area (TPSA) is 16.1 Å². The van der Waals surface area contributed by atoms with Gasteiger partial charge in [0.1, 0.15) is 11.5 Å². The molecule has 1 aromatic heterocycles. The van der Waals surface area contributed by atoms with Gasteiger partial charge in [0.05, 0.1) is 0 Å². The molecule has 0 saturated carbocycles. The molecule has 0 bridgehead atoms. The molecule has 1 rings (SSSR count). The molecule has 0 saturated heterocycles. The van der Waals surface area contributed by atoms with Crippen molar-refractivity contribution in [3.63, 3.8) is 0 Å². The Labute approximate surface area is 106 Å². The summed E-state index contributed by atoms with van der Waals surface area (Å²) in [5.74, 6) is 0.199. The van der Waals surface area contributed by atoms with Gasteiger partial charge in [-0.15, -0.1) is 0 Å². The lowest BCUT2D eigenvalue weighted by Gasteiger charge is -2.20. The predicted molar refractivity (Wildman–Crippen MR) is 66.9 cm³/mol. The van der Waals surface area contributed by atoms with Crippen LogP contribution >= 0.6 is 0 Å². The molecule has 5 heteroatoms. The summed E-state index contributed by atoms with van der Waals surface area (Å²) in [6.07, 6.45) is -2.82. The van der Waals surface area contributed by atoms with E-state index in [0.29, 0.717) is 5.82 Å². The molecule has 102 valence electrons. The van der Waals surface area contributed by atoms with Gasteiger partial charge >= 0.3 is 6.18 Å². The Balaban J connectivity index is 3.25. The first-order valence-electron chi connectivity index (χ1n) is 6.02. The van der Waals surface area contributed by atoms with Gasteiger partial charge in [-0.2, -0.15) is 13.2 Å². The average Bonchev–Trinajstić information content (AvgIpc) is 2.27. The summed E-state index contributed by atoms with van der Waals surface area (Å²) in [6.45, 7) is 3.77. The molecule has 0 N–H and O–H groups in total. The SMILES string of the molecule is CCCC(C)c1ccc(N(C)C)nc1C(F)(F)F. The molecule has 18 heavy (non-hydrogen) atoms. The third kappa shape index (κ3) is 3.37. The van der Waals surface area contributed by atoms with E-state index in [1.54, 1.807) is 31.1 Å². The molecule has 1 atom stereocenters. The summed E-state index contributed by atoms with van der Waals surface area (Å²) < 4.78 is 39.0. The van der Waals surface area contributed by atoms with Crippen LogP contribution in [0, 0.1) is 0 Å². The minimum absolute atomic E-state index is 0.129. The fourth-order valence-electron chi connectivity index (χ4n) is 1.92. The van der Waals surface area contributed by atoms with E-state index < -0.39 is 11.9 Å². The van der Waals surface area contributed by atoms with Crippen molar-refractivity contribution < 1.29 is 13.2 Å². The van der Waals surface area contributed by atoms with E-state index in [-0.39, 0.29) is 11.5 Å². The lowest BCUT2D eigenvalue weighted by molar-refractivity contribution is -0.141. The monoisotopic (exact) mass is 260 g/mol. The molecule has 1 aromatic rings. The largest absolute Gasteiger partial charge is 0.433 e. The summed E-state index contributed by atoms with van der Waals surface area (Å²) >= 11 is 0. The molecule has 1 heterocycles. The van der Waals surface area contributed by atoms with Crippen LogP contribution in [0.3, 0.4) is 0 Å². The number of anilines is 1. The van der Waals surface area contributed by atoms with Gasteiger partial charge in [-0.3, -0.25) is 0 Å². The molecule has 0 amide bonds. The number of alkyl halides is 3. The van der Waals surface area contributed by atoms with E-state index in [4.69, 9.17) is 0 Å². The minimum atomic E-state index is -4.40. The van der Waals surface area contributed by atoms with Crippen molar-refractivity contribution in [1.29, 1.82) is 0 Å². The minimum Gasteiger partial charge on any atom is -0.363 e. The van der Waals surface area contributed by atoms with Gasteiger partial charge in [-0.05, 0) is 24.0 Å². The number of hydrogen-bond acceptors (Lipinski definition) is 2. The number of pyridine rings is 1. The molecular weight excluding hydrogens is 241 g/mol. The van der Waals surface area contributed by atoms with Crippen molar-refractivity contribution >= 4 is 5.82 Å². The van der Waals surface area contributed by atoms with E-state index in [2.05, 4.69) is 4.98 Å². The average molecular weight is 260 g/mol. The van der Waals surface area contributed by atoms with E-state index in [1.165, 1.54) is 0 Å². The maximum absolute atomic E-state index is 13.0. The van der Waals surface area contributed by atoms with Crippen LogP contribution in [0.15, 0.2) is 12.1 Å². The highest BCUT2D eigenvalue weighted by Gasteiger charge is 2.36. The Morgan fingerprint density at radius 1 is 1.28 bits per heavy atom. The van der Waals surface area contributed by atoms with Crippen molar-refractivity contribution in [3.8, 4) is 0 Å². The summed E-state index contributed by atoms with van der Waals surface area (Å²) in [5, 5.41) is 0. The van der Waals surface area contributed by atoms with Gasteiger partial charge in [-0.1, -0.05) is 26.3 Å². The van der Waals surface area contributed by atoms with Crippen molar-refractivity contribution in [1.82, 2.24) is 4.98 Å². The van der Waals surface area contributed by atoms with Gasteiger partial charge in [0.15, 0.2) is 0 Å². The molecule has 0 spiro atoms. The zero-order chi connectivity index (χ0) is 13.9. The molecule has 0 fully saturated rings. The Bertz CT molecular complexity index is 400. The smallest absolute Gasteiger partial charge is 0.363 e. The first-order valence-corrected chi connectivity index (χ1v) is 6.02. The third-order valence-electron chi connectivity index (χ3n) is 2.89. The summed E-state index contributed by atoms with van der Waals surface area (Å²) in [5.41, 5.74) is -0.468. The maximum Gasteiger partial charge on any atom is 0.433 e. The third-order valence-corrected chi connectivity index (χ3v) is 2.89. The number of aromatic nitrogens is 1. The van der Waals surface area contributed by atoms with Crippen LogP contribution in [0.1, 0.15) is 43.9 Å². The first kappa shape index (κ1) is 14.8. The second-order valence-electron chi connectivity index (χ2n) is 4.69. The summed E-state index contributed by atoms with van der Waals surface area (Å²) in [6, 6.07) is 3.18. The van der Waals surface area contributed by atoms with E-state index in [1.807, 2.05) is 13.8 Å². The highest BCUT2D eigenvalue weighted by Crippen LogP contribution is 2.36. The summed E-state index contributed by atoms with van der Waals surface area (Å²) in [4.78, 5) is 5.32. The predicted octanol–water partition coefficient (Wildman–Crippen LogP) is 4.07. The van der Waals surface area contributed by atoms with Gasteiger partial charge in [0, 0.05) is 14.1 Å². The van der Waals surface area contributed by atoms with Crippen LogP contribution in [0.4, 0.5) is 19.0 Å². The Kier molecular flexibility index (Phi) is 4.59. The number of rotatable bonds is 4.